The zero-order valence-electron chi connectivity index (χ0n) is 19.7. The summed E-state index contributed by atoms with van der Waals surface area (Å²) < 4.78 is 31.7. The maximum absolute atomic E-state index is 13.1. The maximum atomic E-state index is 13.1. The molecule has 180 valence electrons. The van der Waals surface area contributed by atoms with Crippen LogP contribution >= 0.6 is 8.58 Å². The summed E-state index contributed by atoms with van der Waals surface area (Å²) in [6, 6.07) is 14.7. The van der Waals surface area contributed by atoms with Gasteiger partial charge in [-0.1, -0.05) is 55.4 Å². The first-order valence-electron chi connectivity index (χ1n) is 11.7. The van der Waals surface area contributed by atoms with E-state index < -0.39 is 11.8 Å². The molecule has 1 saturated carbocycles. The van der Waals surface area contributed by atoms with Gasteiger partial charge < -0.3 is 10.1 Å². The van der Waals surface area contributed by atoms with E-state index in [4.69, 9.17) is 4.74 Å². The van der Waals surface area contributed by atoms with Crippen LogP contribution in [0.2, 0.25) is 0 Å². The lowest BCUT2D eigenvalue weighted by atomic mass is 9.99. The van der Waals surface area contributed by atoms with Crippen LogP contribution in [0.25, 0.3) is 0 Å². The molecule has 3 nitrogen and oxygen atoms in total. The molecule has 0 radical (unpaired) electrons. The number of alkyl halides is 2. The number of ether oxygens (including phenoxy) is 1. The lowest BCUT2D eigenvalue weighted by Crippen LogP contribution is -2.30. The predicted molar refractivity (Wildman–Crippen MR) is 138 cm³/mol. The van der Waals surface area contributed by atoms with E-state index in [0.29, 0.717) is 5.75 Å². The van der Waals surface area contributed by atoms with E-state index in [2.05, 4.69) is 66.2 Å². The Morgan fingerprint density at radius 1 is 1.21 bits per heavy atom. The fourth-order valence-electron chi connectivity index (χ4n) is 4.22. The highest BCUT2D eigenvalue weighted by molar-refractivity contribution is 7.40. The third kappa shape index (κ3) is 6.34. The highest BCUT2D eigenvalue weighted by Crippen LogP contribution is 2.48. The number of hydrogen-bond donors (Lipinski definition) is 1. The Labute approximate surface area is 203 Å². The highest BCUT2D eigenvalue weighted by Gasteiger charge is 2.57. The molecule has 2 aromatic rings. The quantitative estimate of drug-likeness (QED) is 0.302. The largest absolute Gasteiger partial charge is 0.493 e. The molecular weight excluding hydrogens is 449 g/mol. The van der Waals surface area contributed by atoms with Gasteiger partial charge in [0, 0.05) is 38.3 Å². The number of benzene rings is 2. The first kappa shape index (κ1) is 24.6. The van der Waals surface area contributed by atoms with Crippen LogP contribution < -0.4 is 10.1 Å². The van der Waals surface area contributed by atoms with Crippen LogP contribution in [0, 0.1) is 5.92 Å². The number of fused-ring (bicyclic) bond motifs is 1. The second-order valence-corrected chi connectivity index (χ2v) is 9.97. The van der Waals surface area contributed by atoms with Gasteiger partial charge in [0.25, 0.3) is 5.92 Å². The van der Waals surface area contributed by atoms with Gasteiger partial charge in [-0.25, -0.2) is 8.78 Å². The molecule has 4 rings (SSSR count). The van der Waals surface area contributed by atoms with Gasteiger partial charge in [-0.3, -0.25) is 4.90 Å². The minimum atomic E-state index is -2.53. The van der Waals surface area contributed by atoms with Crippen molar-refractivity contribution in [3.63, 3.8) is 0 Å². The SMILES string of the molecule is C=C/C(=C\PC)C(=C)NCc1ccc(CN2CCc3cc(OCC4CC4(F)F)ccc3C2)cc1. The summed E-state index contributed by atoms with van der Waals surface area (Å²) in [7, 11) is 0.726. The predicted octanol–water partition coefficient (Wildman–Crippen LogP) is 6.26. The molecule has 1 N–H and O–H groups in total. The molecule has 0 spiro atoms. The van der Waals surface area contributed by atoms with Gasteiger partial charge in [-0.15, -0.1) is 8.58 Å². The van der Waals surface area contributed by atoms with E-state index >= 15 is 0 Å². The Balaban J connectivity index is 1.26. The van der Waals surface area contributed by atoms with Crippen molar-refractivity contribution in [3.05, 3.63) is 101 Å². The van der Waals surface area contributed by atoms with E-state index in [0.717, 1.165) is 52.5 Å². The minimum absolute atomic E-state index is 0.0491. The minimum Gasteiger partial charge on any atom is -0.493 e. The van der Waals surface area contributed by atoms with Gasteiger partial charge in [0.1, 0.15) is 5.75 Å². The van der Waals surface area contributed by atoms with Crippen LogP contribution in [-0.2, 0) is 26.1 Å². The van der Waals surface area contributed by atoms with E-state index in [-0.39, 0.29) is 13.0 Å². The number of allylic oxidation sites excluding steroid dienone is 1. The molecule has 0 saturated heterocycles. The van der Waals surface area contributed by atoms with Gasteiger partial charge in [0.15, 0.2) is 0 Å². The van der Waals surface area contributed by atoms with Gasteiger partial charge in [0.2, 0.25) is 0 Å². The topological polar surface area (TPSA) is 24.5 Å². The first-order chi connectivity index (χ1) is 16.4. The number of halogens is 2. The molecule has 1 heterocycles. The van der Waals surface area contributed by atoms with Gasteiger partial charge in [0.05, 0.1) is 12.5 Å². The number of rotatable bonds is 11. The van der Waals surface area contributed by atoms with Crippen LogP contribution in [0.4, 0.5) is 8.78 Å². The highest BCUT2D eigenvalue weighted by atomic mass is 31.1. The second-order valence-electron chi connectivity index (χ2n) is 9.11. The van der Waals surface area contributed by atoms with Crippen molar-refractivity contribution in [1.82, 2.24) is 10.2 Å². The number of nitrogens with zero attached hydrogens (tertiary/aromatic N) is 1. The average Bonchev–Trinajstić information content (AvgIpc) is 3.46. The molecule has 0 amide bonds. The fourth-order valence-corrected chi connectivity index (χ4v) is 4.82. The van der Waals surface area contributed by atoms with E-state index in [1.54, 1.807) is 0 Å². The molecule has 2 aliphatic rings. The van der Waals surface area contributed by atoms with Crippen molar-refractivity contribution in [2.75, 3.05) is 19.8 Å². The van der Waals surface area contributed by atoms with Crippen LogP contribution in [0.5, 0.6) is 5.75 Å². The van der Waals surface area contributed by atoms with E-state index in [9.17, 15) is 8.78 Å². The summed E-state index contributed by atoms with van der Waals surface area (Å²) in [6.07, 6.45) is 2.73. The summed E-state index contributed by atoms with van der Waals surface area (Å²) in [5.74, 6) is -0.305. The molecule has 2 aromatic carbocycles. The van der Waals surface area contributed by atoms with Crippen molar-refractivity contribution in [1.29, 1.82) is 0 Å². The van der Waals surface area contributed by atoms with E-state index in [1.807, 2.05) is 18.2 Å². The van der Waals surface area contributed by atoms with E-state index in [1.165, 1.54) is 22.3 Å². The molecule has 0 bridgehead atoms. The standard InChI is InChI=1S/C28H33F2N2OP/c1-4-23(19-34-3)20(2)31-15-21-5-7-22(8-6-21)16-32-12-11-24-13-27(10-9-25(24)17-32)33-18-26-14-28(26,29)30/h4-10,13,19,26,31,34H,1-2,11-12,14-18H2,3H3/b23-19+. The van der Waals surface area contributed by atoms with Crippen LogP contribution in [0.1, 0.15) is 28.7 Å². The molecule has 2 atom stereocenters. The van der Waals surface area contributed by atoms with Crippen LogP contribution in [0.3, 0.4) is 0 Å². The van der Waals surface area contributed by atoms with Crippen molar-refractivity contribution < 1.29 is 13.5 Å². The molecule has 1 fully saturated rings. The van der Waals surface area contributed by atoms with Gasteiger partial charge in [-0.2, -0.15) is 0 Å². The second kappa shape index (κ2) is 10.8. The fraction of sp³-hybridized carbons (Fsp3) is 0.357. The normalized spacial score (nSPS) is 19.6. The molecule has 1 aliphatic carbocycles. The zero-order chi connectivity index (χ0) is 24.1. The average molecular weight is 483 g/mol. The van der Waals surface area contributed by atoms with Crippen LogP contribution in [0.15, 0.2) is 78.8 Å². The molecule has 6 heteroatoms. The Morgan fingerprint density at radius 2 is 1.94 bits per heavy atom. The van der Waals surface area contributed by atoms with Crippen molar-refractivity contribution >= 4 is 8.58 Å². The summed E-state index contributed by atoms with van der Waals surface area (Å²) in [4.78, 5) is 2.44. The first-order valence-corrected chi connectivity index (χ1v) is 13.3. The smallest absolute Gasteiger partial charge is 0.255 e. The Morgan fingerprint density at radius 3 is 2.62 bits per heavy atom. The lowest BCUT2D eigenvalue weighted by Gasteiger charge is -2.29. The maximum Gasteiger partial charge on any atom is 0.255 e. The molecule has 34 heavy (non-hydrogen) atoms. The zero-order valence-corrected chi connectivity index (χ0v) is 20.7. The third-order valence-electron chi connectivity index (χ3n) is 6.48. The summed E-state index contributed by atoms with van der Waals surface area (Å²) >= 11 is 0. The Bertz CT molecular complexity index is 1060. The number of nitrogens with one attached hydrogen (secondary N) is 1. The summed E-state index contributed by atoms with van der Waals surface area (Å²) in [5, 5.41) is 3.39. The Kier molecular flexibility index (Phi) is 7.85. The van der Waals surface area contributed by atoms with Gasteiger partial charge >= 0.3 is 0 Å². The monoisotopic (exact) mass is 482 g/mol. The van der Waals surface area contributed by atoms with Gasteiger partial charge in [-0.05, 0) is 53.0 Å². The number of hydrogen-bond acceptors (Lipinski definition) is 3. The Hall–Kier alpha value is -2.49. The van der Waals surface area contributed by atoms with Crippen LogP contribution in [-0.4, -0.2) is 30.6 Å². The summed E-state index contributed by atoms with van der Waals surface area (Å²) in [6.45, 7) is 13.7. The lowest BCUT2D eigenvalue weighted by molar-refractivity contribution is 0.0856. The summed E-state index contributed by atoms with van der Waals surface area (Å²) in [5.41, 5.74) is 7.01. The molecular formula is C28H33F2N2OP. The molecule has 0 aromatic heterocycles. The third-order valence-corrected chi connectivity index (χ3v) is 7.08. The molecule has 2 unspecified atom stereocenters. The van der Waals surface area contributed by atoms with Crippen molar-refractivity contribution in [2.45, 2.75) is 38.4 Å². The molecule has 1 aliphatic heterocycles. The van der Waals surface area contributed by atoms with Crippen molar-refractivity contribution in [3.8, 4) is 5.75 Å². The van der Waals surface area contributed by atoms with Crippen molar-refractivity contribution in [2.24, 2.45) is 5.92 Å².